The van der Waals surface area contributed by atoms with E-state index in [1.165, 1.54) is 11.0 Å². The quantitative estimate of drug-likeness (QED) is 0.104. The fourth-order valence-corrected chi connectivity index (χ4v) is 6.17. The number of aryl methyl sites for hydroxylation is 1. The van der Waals surface area contributed by atoms with Crippen molar-refractivity contribution in [2.45, 2.75) is 46.3 Å². The average molecular weight is 605 g/mol. The minimum Gasteiger partial charge on any atom is -0.507 e. The van der Waals surface area contributed by atoms with E-state index in [-0.39, 0.29) is 34.1 Å². The molecule has 5 rings (SSSR count). The van der Waals surface area contributed by atoms with Crippen LogP contribution in [0.2, 0.25) is 0 Å². The Morgan fingerprint density at radius 2 is 1.91 bits per heavy atom. The number of hydrogen-bond donors (Lipinski definition) is 1. The highest BCUT2D eigenvalue weighted by Gasteiger charge is 2.49. The maximum absolute atomic E-state index is 13.7. The zero-order valence-corrected chi connectivity index (χ0v) is 25.2. The highest BCUT2D eigenvalue weighted by atomic mass is 32.1. The summed E-state index contributed by atoms with van der Waals surface area (Å²) in [6.07, 6.45) is 2.08. The molecule has 0 aliphatic carbocycles. The molecule has 3 heterocycles. The highest BCUT2D eigenvalue weighted by molar-refractivity contribution is 7.17. The number of ketones is 1. The van der Waals surface area contributed by atoms with Gasteiger partial charge in [-0.05, 0) is 69.2 Å². The number of amides is 1. The van der Waals surface area contributed by atoms with Gasteiger partial charge in [-0.15, -0.1) is 0 Å². The van der Waals surface area contributed by atoms with Gasteiger partial charge < -0.3 is 24.1 Å². The molecule has 43 heavy (non-hydrogen) atoms. The molecular weight excluding hydrogens is 572 g/mol. The molecule has 3 aromatic rings. The molecule has 2 atom stereocenters. The van der Waals surface area contributed by atoms with Crippen molar-refractivity contribution in [3.05, 3.63) is 81.9 Å². The number of aromatic nitrogens is 1. The van der Waals surface area contributed by atoms with Gasteiger partial charge in [0.2, 0.25) is 0 Å². The minimum atomic E-state index is -1.08. The second kappa shape index (κ2) is 12.3. The van der Waals surface area contributed by atoms with Gasteiger partial charge in [-0.1, -0.05) is 30.1 Å². The maximum Gasteiger partial charge on any atom is 0.350 e. The fourth-order valence-electron chi connectivity index (χ4n) is 5.18. The molecule has 2 unspecified atom stereocenters. The molecule has 0 radical (unpaired) electrons. The number of esters is 1. The lowest BCUT2D eigenvalue weighted by atomic mass is 9.94. The lowest BCUT2D eigenvalue weighted by Crippen LogP contribution is -2.29. The van der Waals surface area contributed by atoms with Crippen LogP contribution >= 0.6 is 11.3 Å². The van der Waals surface area contributed by atoms with E-state index >= 15 is 0 Å². The van der Waals surface area contributed by atoms with Crippen LogP contribution in [0.25, 0.3) is 5.76 Å². The Kier molecular flexibility index (Phi) is 8.54. The number of aliphatic hydroxyl groups is 1. The van der Waals surface area contributed by atoms with Crippen molar-refractivity contribution in [1.29, 1.82) is 0 Å². The normalized spacial score (nSPS) is 18.7. The zero-order chi connectivity index (χ0) is 30.8. The topological polar surface area (TPSA) is 124 Å². The number of anilines is 1. The number of rotatable bonds is 10. The number of ether oxygens (including phenoxy) is 4. The second-order valence-corrected chi connectivity index (χ2v) is 11.0. The van der Waals surface area contributed by atoms with Crippen LogP contribution in [-0.2, 0) is 20.7 Å². The van der Waals surface area contributed by atoms with Gasteiger partial charge in [-0.2, -0.15) is 0 Å². The smallest absolute Gasteiger partial charge is 0.350 e. The van der Waals surface area contributed by atoms with Crippen molar-refractivity contribution < 1.29 is 38.4 Å². The summed E-state index contributed by atoms with van der Waals surface area (Å²) in [5.74, 6) is -1.11. The molecule has 11 heteroatoms. The number of nitrogens with zero attached hydrogens (tertiary/aromatic N) is 2. The van der Waals surface area contributed by atoms with Crippen LogP contribution in [0.4, 0.5) is 5.13 Å². The number of Topliss-reactive ketones (excluding diaryl/α,β-unsaturated/α-hetero) is 1. The van der Waals surface area contributed by atoms with E-state index in [2.05, 4.69) is 11.6 Å². The Bertz CT molecular complexity index is 1640. The molecule has 1 fully saturated rings. The molecule has 10 nitrogen and oxygen atoms in total. The zero-order valence-electron chi connectivity index (χ0n) is 24.3. The van der Waals surface area contributed by atoms with Gasteiger partial charge in [0.05, 0.1) is 30.5 Å². The largest absolute Gasteiger partial charge is 0.507 e. The van der Waals surface area contributed by atoms with Crippen LogP contribution in [0.3, 0.4) is 0 Å². The molecule has 2 aliphatic rings. The molecular formula is C32H32N2O8S. The fraction of sp³-hybridized carbons (Fsp3) is 0.312. The molecule has 1 amide bonds. The van der Waals surface area contributed by atoms with Crippen LogP contribution in [0.1, 0.15) is 58.9 Å². The van der Waals surface area contributed by atoms with Crippen LogP contribution in [0.15, 0.2) is 54.6 Å². The summed E-state index contributed by atoms with van der Waals surface area (Å²) in [6, 6.07) is 9.18. The Morgan fingerprint density at radius 3 is 2.63 bits per heavy atom. The molecule has 0 bridgehead atoms. The van der Waals surface area contributed by atoms with Crippen LogP contribution in [-0.4, -0.2) is 53.7 Å². The van der Waals surface area contributed by atoms with Gasteiger partial charge >= 0.3 is 11.9 Å². The summed E-state index contributed by atoms with van der Waals surface area (Å²) in [6.45, 7) is 11.6. The summed E-state index contributed by atoms with van der Waals surface area (Å²) in [5, 5.41) is 11.7. The molecule has 2 aliphatic heterocycles. The summed E-state index contributed by atoms with van der Waals surface area (Å²) in [4.78, 5) is 46.0. The molecule has 0 saturated carbocycles. The Labute approximate surface area is 253 Å². The summed E-state index contributed by atoms with van der Waals surface area (Å²) in [7, 11) is 0. The van der Waals surface area contributed by atoms with Crippen LogP contribution in [0.5, 0.6) is 17.2 Å². The standard InChI is InChI=1S/C32H32N2O8S/c1-6-13-41-31(38)29-18(5)33-32(43-29)34-26(19-9-12-23(39-7-2)24(16-19)40-8-3)25(28(36)30(34)37)27(35)20-10-11-22-21(15-20)14-17(4)42-22/h6,9-12,15-17,26,35H,1,7-8,13-14H2,2-5H3. The van der Waals surface area contributed by atoms with E-state index in [1.807, 2.05) is 20.8 Å². The first-order valence-corrected chi connectivity index (χ1v) is 14.8. The van der Waals surface area contributed by atoms with Crippen molar-refractivity contribution in [1.82, 2.24) is 4.98 Å². The molecule has 1 aromatic heterocycles. The van der Waals surface area contributed by atoms with E-state index in [4.69, 9.17) is 18.9 Å². The molecule has 1 saturated heterocycles. The molecule has 224 valence electrons. The number of aliphatic hydroxyl groups excluding tert-OH is 1. The van der Waals surface area contributed by atoms with Crippen LogP contribution < -0.4 is 19.1 Å². The molecule has 2 aromatic carbocycles. The predicted molar refractivity (Wildman–Crippen MR) is 161 cm³/mol. The van der Waals surface area contributed by atoms with E-state index in [1.54, 1.807) is 43.3 Å². The first-order chi connectivity index (χ1) is 20.7. The first kappa shape index (κ1) is 29.8. The van der Waals surface area contributed by atoms with Crippen molar-refractivity contribution in [3.8, 4) is 17.2 Å². The number of benzene rings is 2. The van der Waals surface area contributed by atoms with Gasteiger partial charge in [0.15, 0.2) is 16.6 Å². The van der Waals surface area contributed by atoms with Gasteiger partial charge in [0, 0.05) is 12.0 Å². The SMILES string of the molecule is C=CCOC(=O)c1sc(N2C(=O)C(=O)C(=C(O)c3ccc4c(c3)CC(C)O4)C2c2ccc(OCC)c(OCC)c2)nc1C. The van der Waals surface area contributed by atoms with Gasteiger partial charge in [0.25, 0.3) is 5.78 Å². The third-order valence-corrected chi connectivity index (χ3v) is 8.14. The van der Waals surface area contributed by atoms with Crippen LogP contribution in [0, 0.1) is 6.92 Å². The van der Waals surface area contributed by atoms with Crippen molar-refractivity contribution in [2.24, 2.45) is 0 Å². The Hall–Kier alpha value is -4.64. The van der Waals surface area contributed by atoms with Gasteiger partial charge in [-0.25, -0.2) is 9.78 Å². The number of fused-ring (bicyclic) bond motifs is 1. The number of thiazole rings is 1. The molecule has 1 N–H and O–H groups in total. The third kappa shape index (κ3) is 5.60. The van der Waals surface area contributed by atoms with Gasteiger partial charge in [0.1, 0.15) is 29.1 Å². The van der Waals surface area contributed by atoms with E-state index < -0.39 is 23.7 Å². The monoisotopic (exact) mass is 604 g/mol. The van der Waals surface area contributed by atoms with Crippen molar-refractivity contribution in [3.63, 3.8) is 0 Å². The second-order valence-electron chi connectivity index (χ2n) is 9.99. The average Bonchev–Trinajstić information content (AvgIpc) is 3.64. The Morgan fingerprint density at radius 1 is 1.16 bits per heavy atom. The van der Waals surface area contributed by atoms with E-state index in [0.717, 1.165) is 16.9 Å². The summed E-state index contributed by atoms with van der Waals surface area (Å²) in [5.41, 5.74) is 1.96. The minimum absolute atomic E-state index is 0.00695. The third-order valence-electron chi connectivity index (χ3n) is 7.01. The predicted octanol–water partition coefficient (Wildman–Crippen LogP) is 5.54. The highest BCUT2D eigenvalue weighted by Crippen LogP contribution is 2.46. The summed E-state index contributed by atoms with van der Waals surface area (Å²) >= 11 is 0.928. The maximum atomic E-state index is 13.7. The van der Waals surface area contributed by atoms with E-state index in [0.29, 0.717) is 53.7 Å². The Balaban J connectivity index is 1.68. The van der Waals surface area contributed by atoms with Gasteiger partial charge in [-0.3, -0.25) is 14.5 Å². The summed E-state index contributed by atoms with van der Waals surface area (Å²) < 4.78 is 22.5. The number of carbonyl (C=O) groups is 3. The molecule has 0 spiro atoms. The lowest BCUT2D eigenvalue weighted by molar-refractivity contribution is -0.132. The van der Waals surface area contributed by atoms with Crippen molar-refractivity contribution in [2.75, 3.05) is 24.7 Å². The number of carbonyl (C=O) groups excluding carboxylic acids is 3. The van der Waals surface area contributed by atoms with E-state index in [9.17, 15) is 19.5 Å². The number of hydrogen-bond acceptors (Lipinski definition) is 10. The van der Waals surface area contributed by atoms with Crippen molar-refractivity contribution >= 4 is 39.9 Å². The first-order valence-electron chi connectivity index (χ1n) is 13.9. The lowest BCUT2D eigenvalue weighted by Gasteiger charge is -2.24.